The summed E-state index contributed by atoms with van der Waals surface area (Å²) in [5, 5.41) is 9.18. The van der Waals surface area contributed by atoms with Gasteiger partial charge in [-0.3, -0.25) is 4.98 Å². The number of aromatic nitrogens is 3. The van der Waals surface area contributed by atoms with Crippen LogP contribution in [0.5, 0.6) is 0 Å². The van der Waals surface area contributed by atoms with Crippen LogP contribution in [0.2, 0.25) is 0 Å². The molecule has 0 saturated carbocycles. The zero-order chi connectivity index (χ0) is 26.8. The number of nitrogens with zero attached hydrogens (tertiary/aromatic N) is 3. The van der Waals surface area contributed by atoms with Gasteiger partial charge in [-0.2, -0.15) is 13.2 Å². The molecule has 200 valence electrons. The van der Waals surface area contributed by atoms with E-state index in [1.807, 2.05) is 13.0 Å². The van der Waals surface area contributed by atoms with Gasteiger partial charge in [-0.05, 0) is 30.7 Å². The Bertz CT molecular complexity index is 1220. The van der Waals surface area contributed by atoms with Gasteiger partial charge in [0, 0.05) is 22.6 Å². The standard InChI is InChI=1S/C23H24F3N3O6S2/c1-15-17(27-7-6-19(15)36-11-10-33-8-9-34-14-23(24,25)26)13-37-21-28-16-4-2-3-5-18(16)29(21)22(32)35-12-20(30)31/h2-7H,8-14H2,1H3,(H,30,31). The number of rotatable bonds is 13. The molecule has 0 unspecified atom stereocenters. The highest BCUT2D eigenvalue weighted by Gasteiger charge is 2.27. The predicted molar refractivity (Wildman–Crippen MR) is 131 cm³/mol. The molecule has 0 aliphatic carbocycles. The lowest BCUT2D eigenvalue weighted by Gasteiger charge is -2.11. The molecule has 0 bridgehead atoms. The SMILES string of the molecule is Cc1c(SCCOCCOCC(F)(F)F)ccnc1CSc1nc2ccccc2n1C(=O)OCC(=O)O. The lowest BCUT2D eigenvalue weighted by Crippen LogP contribution is -2.19. The first kappa shape index (κ1) is 28.8. The Morgan fingerprint density at radius 1 is 1.08 bits per heavy atom. The Morgan fingerprint density at radius 3 is 2.59 bits per heavy atom. The molecule has 0 radical (unpaired) electrons. The maximum absolute atomic E-state index is 12.6. The maximum atomic E-state index is 12.6. The van der Waals surface area contributed by atoms with Gasteiger partial charge in [-0.15, -0.1) is 11.8 Å². The molecule has 14 heteroatoms. The van der Waals surface area contributed by atoms with Crippen LogP contribution in [0.3, 0.4) is 0 Å². The minimum Gasteiger partial charge on any atom is -0.479 e. The average molecular weight is 560 g/mol. The molecule has 0 aliphatic rings. The van der Waals surface area contributed by atoms with Gasteiger partial charge in [-0.25, -0.2) is 19.1 Å². The van der Waals surface area contributed by atoms with E-state index in [1.165, 1.54) is 28.1 Å². The second-order valence-electron chi connectivity index (χ2n) is 7.46. The van der Waals surface area contributed by atoms with Gasteiger partial charge in [-0.1, -0.05) is 23.9 Å². The molecule has 0 saturated heterocycles. The Balaban J connectivity index is 1.57. The molecule has 9 nitrogen and oxygen atoms in total. The number of pyridine rings is 1. The van der Waals surface area contributed by atoms with Crippen LogP contribution in [-0.4, -0.2) is 76.7 Å². The molecule has 0 amide bonds. The fourth-order valence-electron chi connectivity index (χ4n) is 3.08. The number of carbonyl (C=O) groups is 2. The van der Waals surface area contributed by atoms with Crippen molar-refractivity contribution in [1.82, 2.24) is 14.5 Å². The van der Waals surface area contributed by atoms with Crippen LogP contribution in [0, 0.1) is 6.92 Å². The zero-order valence-corrected chi connectivity index (χ0v) is 21.3. The molecule has 2 heterocycles. The lowest BCUT2D eigenvalue weighted by atomic mass is 10.2. The van der Waals surface area contributed by atoms with Crippen molar-refractivity contribution < 1.29 is 42.1 Å². The maximum Gasteiger partial charge on any atom is 0.421 e. The van der Waals surface area contributed by atoms with Crippen LogP contribution < -0.4 is 0 Å². The molecule has 2 aromatic heterocycles. The summed E-state index contributed by atoms with van der Waals surface area (Å²) in [6, 6.07) is 8.82. The summed E-state index contributed by atoms with van der Waals surface area (Å²) in [5.41, 5.74) is 2.77. The first-order valence-electron chi connectivity index (χ1n) is 10.9. The van der Waals surface area contributed by atoms with Crippen LogP contribution in [0.1, 0.15) is 11.3 Å². The number of ether oxygens (including phenoxy) is 3. The monoisotopic (exact) mass is 559 g/mol. The van der Waals surface area contributed by atoms with Crippen LogP contribution in [0.25, 0.3) is 11.0 Å². The summed E-state index contributed by atoms with van der Waals surface area (Å²) in [4.78, 5) is 33.3. The van der Waals surface area contributed by atoms with Gasteiger partial charge in [0.1, 0.15) is 6.61 Å². The Kier molecular flexibility index (Phi) is 10.6. The van der Waals surface area contributed by atoms with Crippen molar-refractivity contribution in [2.24, 2.45) is 0 Å². The molecule has 0 atom stereocenters. The van der Waals surface area contributed by atoms with Gasteiger partial charge >= 0.3 is 18.2 Å². The van der Waals surface area contributed by atoms with Crippen LogP contribution in [-0.2, 0) is 24.8 Å². The molecule has 0 fully saturated rings. The fourth-order valence-corrected chi connectivity index (χ4v) is 5.01. The number of hydrogen-bond donors (Lipinski definition) is 1. The average Bonchev–Trinajstić information content (AvgIpc) is 3.22. The van der Waals surface area contributed by atoms with E-state index < -0.39 is 31.5 Å². The van der Waals surface area contributed by atoms with Crippen LogP contribution >= 0.6 is 23.5 Å². The summed E-state index contributed by atoms with van der Waals surface area (Å²) in [5.74, 6) is -0.286. The lowest BCUT2D eigenvalue weighted by molar-refractivity contribution is -0.176. The summed E-state index contributed by atoms with van der Waals surface area (Å²) < 4.78 is 52.0. The second kappa shape index (κ2) is 13.7. The molecular formula is C23H24F3N3O6S2. The third-order valence-corrected chi connectivity index (χ3v) is 6.83. The third-order valence-electron chi connectivity index (χ3n) is 4.75. The summed E-state index contributed by atoms with van der Waals surface area (Å²) >= 11 is 2.79. The number of carboxylic acid groups (broad SMARTS) is 1. The van der Waals surface area contributed by atoms with Crippen LogP contribution in [0.4, 0.5) is 18.0 Å². The molecule has 3 aromatic rings. The quantitative estimate of drug-likeness (QED) is 0.232. The zero-order valence-electron chi connectivity index (χ0n) is 19.7. The Labute approximate surface area is 218 Å². The van der Waals surface area contributed by atoms with E-state index in [0.717, 1.165) is 16.2 Å². The molecule has 0 aliphatic heterocycles. The number of alkyl halides is 3. The number of carbonyl (C=O) groups excluding carboxylic acids is 1. The number of thioether (sulfide) groups is 2. The Morgan fingerprint density at radius 2 is 1.84 bits per heavy atom. The highest BCUT2D eigenvalue weighted by atomic mass is 32.2. The van der Waals surface area contributed by atoms with E-state index in [-0.39, 0.29) is 13.2 Å². The van der Waals surface area contributed by atoms with Gasteiger partial charge in [0.05, 0.1) is 36.5 Å². The van der Waals surface area contributed by atoms with Crippen LogP contribution in [0.15, 0.2) is 46.6 Å². The first-order valence-corrected chi connectivity index (χ1v) is 12.9. The molecule has 37 heavy (non-hydrogen) atoms. The number of aliphatic carboxylic acids is 1. The molecule has 1 N–H and O–H groups in total. The van der Waals surface area contributed by atoms with Crippen molar-refractivity contribution in [3.63, 3.8) is 0 Å². The van der Waals surface area contributed by atoms with Crippen molar-refractivity contribution >= 4 is 46.6 Å². The van der Waals surface area contributed by atoms with Crippen molar-refractivity contribution in [1.29, 1.82) is 0 Å². The number of para-hydroxylation sites is 2. The van der Waals surface area contributed by atoms with E-state index in [4.69, 9.17) is 14.6 Å². The third kappa shape index (κ3) is 8.91. The van der Waals surface area contributed by atoms with E-state index in [9.17, 15) is 22.8 Å². The Hall–Kier alpha value is -2.81. The smallest absolute Gasteiger partial charge is 0.421 e. The summed E-state index contributed by atoms with van der Waals surface area (Å²) in [6.45, 7) is 0.148. The van der Waals surface area contributed by atoms with Gasteiger partial charge in [0.15, 0.2) is 11.8 Å². The number of halogens is 3. The van der Waals surface area contributed by atoms with Crippen molar-refractivity contribution in [3.05, 3.63) is 47.8 Å². The highest BCUT2D eigenvalue weighted by Crippen LogP contribution is 2.30. The van der Waals surface area contributed by atoms with Gasteiger partial charge < -0.3 is 19.3 Å². The minimum atomic E-state index is -4.35. The predicted octanol–water partition coefficient (Wildman–Crippen LogP) is 4.79. The van der Waals surface area contributed by atoms with E-state index in [1.54, 1.807) is 30.5 Å². The number of imidazole rings is 1. The molecule has 3 rings (SSSR count). The summed E-state index contributed by atoms with van der Waals surface area (Å²) in [6.07, 6.45) is -3.52. The fraction of sp³-hybridized carbons (Fsp3) is 0.391. The van der Waals surface area contributed by atoms with Gasteiger partial charge in [0.25, 0.3) is 0 Å². The molecule has 1 aromatic carbocycles. The normalized spacial score (nSPS) is 11.7. The number of carboxylic acids is 1. The highest BCUT2D eigenvalue weighted by molar-refractivity contribution is 7.99. The molecule has 0 spiro atoms. The van der Waals surface area contributed by atoms with E-state index in [2.05, 4.69) is 14.7 Å². The summed E-state index contributed by atoms with van der Waals surface area (Å²) in [7, 11) is 0. The number of fused-ring (bicyclic) bond motifs is 1. The van der Waals surface area contributed by atoms with Gasteiger partial charge in [0.2, 0.25) is 0 Å². The number of benzene rings is 1. The topological polar surface area (TPSA) is 113 Å². The van der Waals surface area contributed by atoms with Crippen molar-refractivity contribution in [2.45, 2.75) is 28.9 Å². The van der Waals surface area contributed by atoms with Crippen molar-refractivity contribution in [3.8, 4) is 0 Å². The number of hydrogen-bond acceptors (Lipinski definition) is 9. The molecular weight excluding hydrogens is 535 g/mol. The minimum absolute atomic E-state index is 0.0732. The van der Waals surface area contributed by atoms with E-state index >= 15 is 0 Å². The largest absolute Gasteiger partial charge is 0.479 e. The first-order chi connectivity index (χ1) is 17.7. The second-order valence-corrected chi connectivity index (χ2v) is 9.54. The van der Waals surface area contributed by atoms with Crippen molar-refractivity contribution in [2.75, 3.05) is 38.8 Å². The van der Waals surface area contributed by atoms with E-state index in [0.29, 0.717) is 34.3 Å².